The molecule has 2 N–H and O–H groups in total. The molecular weight excluding hydrogens is 308 g/mol. The zero-order chi connectivity index (χ0) is 13.8. The fourth-order valence-corrected chi connectivity index (χ4v) is 2.64. The molecule has 0 fully saturated rings. The average Bonchev–Trinajstić information content (AvgIpc) is 2.36. The van der Waals surface area contributed by atoms with Crippen LogP contribution in [0.2, 0.25) is 0 Å². The Bertz CT molecular complexity index is 614. The lowest BCUT2D eigenvalue weighted by atomic mass is 10.1. The van der Waals surface area contributed by atoms with Crippen LogP contribution in [0, 0.1) is 6.92 Å². The molecule has 0 bridgehead atoms. The van der Waals surface area contributed by atoms with Crippen LogP contribution in [0.5, 0.6) is 5.75 Å². The lowest BCUT2D eigenvalue weighted by molar-refractivity contribution is -0.118. The van der Waals surface area contributed by atoms with Crippen LogP contribution < -0.4 is 10.5 Å². The van der Waals surface area contributed by atoms with Crippen LogP contribution in [-0.2, 0) is 4.79 Å². The fourth-order valence-electron chi connectivity index (χ4n) is 1.88. The fraction of sp³-hybridized carbons (Fsp3) is 0.286. The summed E-state index contributed by atoms with van der Waals surface area (Å²) in [6.45, 7) is 2.50. The largest absolute Gasteiger partial charge is 0.492 e. The van der Waals surface area contributed by atoms with Gasteiger partial charge in [-0.25, -0.2) is 0 Å². The standard InChI is InChI=1S/C14H15BrN2O2/c1-9-6-7-17-10-4-5-11(14(15)13(9)10)19-8-2-3-12(16)18/h4-7H,2-3,8H2,1H3,(H2,16,18). The van der Waals surface area contributed by atoms with Crippen LogP contribution in [0.25, 0.3) is 10.9 Å². The Balaban J connectivity index is 2.18. The van der Waals surface area contributed by atoms with Crippen molar-refractivity contribution < 1.29 is 9.53 Å². The molecule has 5 heteroatoms. The van der Waals surface area contributed by atoms with E-state index < -0.39 is 0 Å². The maximum Gasteiger partial charge on any atom is 0.217 e. The molecule has 2 aromatic rings. The van der Waals surface area contributed by atoms with Gasteiger partial charge in [-0.05, 0) is 53.0 Å². The first-order valence-corrected chi connectivity index (χ1v) is 6.84. The van der Waals surface area contributed by atoms with Gasteiger partial charge in [0.05, 0.1) is 16.6 Å². The summed E-state index contributed by atoms with van der Waals surface area (Å²) in [7, 11) is 0. The number of primary amides is 1. The van der Waals surface area contributed by atoms with Gasteiger partial charge in [0.25, 0.3) is 0 Å². The van der Waals surface area contributed by atoms with E-state index in [1.54, 1.807) is 6.20 Å². The zero-order valence-corrected chi connectivity index (χ0v) is 12.2. The maximum absolute atomic E-state index is 10.6. The van der Waals surface area contributed by atoms with Gasteiger partial charge in [-0.15, -0.1) is 0 Å². The first kappa shape index (κ1) is 13.8. The third kappa shape index (κ3) is 3.23. The van der Waals surface area contributed by atoms with E-state index in [-0.39, 0.29) is 5.91 Å². The van der Waals surface area contributed by atoms with Crippen molar-refractivity contribution in [2.75, 3.05) is 6.61 Å². The first-order chi connectivity index (χ1) is 9.09. The van der Waals surface area contributed by atoms with Gasteiger partial charge in [0.1, 0.15) is 5.75 Å². The van der Waals surface area contributed by atoms with Gasteiger partial charge in [-0.3, -0.25) is 9.78 Å². The molecule has 0 saturated heterocycles. The topological polar surface area (TPSA) is 65.2 Å². The number of benzene rings is 1. The molecule has 0 atom stereocenters. The predicted molar refractivity (Wildman–Crippen MR) is 78.1 cm³/mol. The third-order valence-corrected chi connectivity index (χ3v) is 3.63. The third-order valence-electron chi connectivity index (χ3n) is 2.84. The Morgan fingerprint density at radius 1 is 1.42 bits per heavy atom. The highest BCUT2D eigenvalue weighted by Crippen LogP contribution is 2.34. The van der Waals surface area contributed by atoms with Crippen molar-refractivity contribution in [2.45, 2.75) is 19.8 Å². The second-order valence-electron chi connectivity index (χ2n) is 4.32. The highest BCUT2D eigenvalue weighted by molar-refractivity contribution is 9.10. The first-order valence-electron chi connectivity index (χ1n) is 6.04. The van der Waals surface area contributed by atoms with Gasteiger partial charge in [0.2, 0.25) is 5.91 Å². The van der Waals surface area contributed by atoms with Gasteiger partial charge < -0.3 is 10.5 Å². The van der Waals surface area contributed by atoms with E-state index in [1.807, 2.05) is 25.1 Å². The minimum absolute atomic E-state index is 0.304. The lowest BCUT2D eigenvalue weighted by Crippen LogP contribution is -2.11. The van der Waals surface area contributed by atoms with Crippen molar-refractivity contribution in [1.29, 1.82) is 0 Å². The van der Waals surface area contributed by atoms with E-state index in [4.69, 9.17) is 10.5 Å². The Labute approximate surface area is 120 Å². The molecule has 0 unspecified atom stereocenters. The van der Waals surface area contributed by atoms with Crippen molar-refractivity contribution in [3.8, 4) is 5.75 Å². The molecule has 0 spiro atoms. The monoisotopic (exact) mass is 322 g/mol. The molecule has 0 saturated carbocycles. The van der Waals surface area contributed by atoms with Gasteiger partial charge in [-0.2, -0.15) is 0 Å². The van der Waals surface area contributed by atoms with Crippen molar-refractivity contribution >= 4 is 32.7 Å². The summed E-state index contributed by atoms with van der Waals surface area (Å²) in [6, 6.07) is 5.77. The van der Waals surface area contributed by atoms with E-state index in [0.717, 1.165) is 26.7 Å². The Morgan fingerprint density at radius 3 is 2.95 bits per heavy atom. The van der Waals surface area contributed by atoms with Gasteiger partial charge in [-0.1, -0.05) is 0 Å². The molecule has 0 radical (unpaired) electrons. The summed E-state index contributed by atoms with van der Waals surface area (Å²) >= 11 is 3.56. The molecule has 1 aromatic heterocycles. The number of aromatic nitrogens is 1. The van der Waals surface area contributed by atoms with E-state index in [0.29, 0.717) is 19.4 Å². The second kappa shape index (κ2) is 6.02. The Hall–Kier alpha value is -1.62. The van der Waals surface area contributed by atoms with Crippen LogP contribution in [-0.4, -0.2) is 17.5 Å². The number of ether oxygens (including phenoxy) is 1. The summed E-state index contributed by atoms with van der Waals surface area (Å²) in [5.41, 5.74) is 7.15. The number of pyridine rings is 1. The highest BCUT2D eigenvalue weighted by atomic mass is 79.9. The molecule has 4 nitrogen and oxygen atoms in total. The summed E-state index contributed by atoms with van der Waals surface area (Å²) < 4.78 is 6.57. The number of hydrogen-bond donors (Lipinski definition) is 1. The lowest BCUT2D eigenvalue weighted by Gasteiger charge is -2.11. The second-order valence-corrected chi connectivity index (χ2v) is 5.11. The predicted octanol–water partition coefficient (Wildman–Crippen LogP) is 2.95. The number of carbonyl (C=O) groups excluding carboxylic acids is 1. The summed E-state index contributed by atoms with van der Waals surface area (Å²) in [5, 5.41) is 1.05. The van der Waals surface area contributed by atoms with E-state index in [2.05, 4.69) is 20.9 Å². The van der Waals surface area contributed by atoms with E-state index >= 15 is 0 Å². The van der Waals surface area contributed by atoms with Crippen LogP contribution >= 0.6 is 15.9 Å². The van der Waals surface area contributed by atoms with E-state index in [1.165, 1.54) is 0 Å². The quantitative estimate of drug-likeness (QED) is 0.861. The van der Waals surface area contributed by atoms with Crippen LogP contribution in [0.1, 0.15) is 18.4 Å². The smallest absolute Gasteiger partial charge is 0.217 e. The molecule has 0 aliphatic rings. The van der Waals surface area contributed by atoms with Crippen molar-refractivity contribution in [2.24, 2.45) is 5.73 Å². The maximum atomic E-state index is 10.6. The average molecular weight is 323 g/mol. The van der Waals surface area contributed by atoms with Crippen molar-refractivity contribution in [3.05, 3.63) is 34.4 Å². The summed E-state index contributed by atoms with van der Waals surface area (Å²) in [6.07, 6.45) is 2.75. The van der Waals surface area contributed by atoms with Crippen LogP contribution in [0.15, 0.2) is 28.9 Å². The summed E-state index contributed by atoms with van der Waals surface area (Å²) in [5.74, 6) is 0.453. The Kier molecular flexibility index (Phi) is 4.37. The number of halogens is 1. The molecule has 19 heavy (non-hydrogen) atoms. The van der Waals surface area contributed by atoms with Crippen molar-refractivity contribution in [3.63, 3.8) is 0 Å². The molecule has 0 aliphatic carbocycles. The zero-order valence-electron chi connectivity index (χ0n) is 10.6. The minimum Gasteiger partial charge on any atom is -0.492 e. The number of nitrogens with zero attached hydrogens (tertiary/aromatic N) is 1. The number of fused-ring (bicyclic) bond motifs is 1. The number of aryl methyl sites for hydroxylation is 1. The number of rotatable bonds is 5. The molecule has 1 heterocycles. The Morgan fingerprint density at radius 2 is 2.21 bits per heavy atom. The molecule has 1 aromatic carbocycles. The molecular formula is C14H15BrN2O2. The van der Waals surface area contributed by atoms with Crippen LogP contribution in [0.4, 0.5) is 0 Å². The summed E-state index contributed by atoms with van der Waals surface area (Å²) in [4.78, 5) is 15.0. The number of carbonyl (C=O) groups is 1. The normalized spacial score (nSPS) is 10.6. The molecule has 0 aliphatic heterocycles. The van der Waals surface area contributed by atoms with Crippen molar-refractivity contribution in [1.82, 2.24) is 4.98 Å². The number of amides is 1. The minimum atomic E-state index is -0.304. The van der Waals surface area contributed by atoms with Gasteiger partial charge in [0.15, 0.2) is 0 Å². The van der Waals surface area contributed by atoms with Gasteiger partial charge >= 0.3 is 0 Å². The van der Waals surface area contributed by atoms with E-state index in [9.17, 15) is 4.79 Å². The van der Waals surface area contributed by atoms with Gasteiger partial charge in [0, 0.05) is 18.0 Å². The molecule has 1 amide bonds. The molecule has 2 rings (SSSR count). The number of hydrogen-bond acceptors (Lipinski definition) is 3. The SMILES string of the molecule is Cc1ccnc2ccc(OCCCC(N)=O)c(Br)c12. The molecule has 100 valence electrons. The number of nitrogens with two attached hydrogens (primary N) is 1. The van der Waals surface area contributed by atoms with Crippen LogP contribution in [0.3, 0.4) is 0 Å². The highest BCUT2D eigenvalue weighted by Gasteiger charge is 2.09.